The average Bonchev–Trinajstić information content (AvgIpc) is 1.57. The topological polar surface area (TPSA) is 429 Å². The zero-order valence-corrected chi connectivity index (χ0v) is 73.2. The standard InChI is InChI=1S/C84H131N15O20S/c1-15-56(8)73(64(113-13)52-69(104)98-36-20-24-63(98)74(114-14)57(9)76(105)91-62(80-87-35-50-120-80)51-58-21-17-16-18-22-58)95(11)81(109)71(54(4)5)93-79(108)72(55(6)7)96(12)84(112)119-75(82(110)97-40-38-94(10)39-41-97)59-25-27-60(28-26-59)89-77(106)61(23-19-33-88-83(85)111)90-78(107)70(53(2)3)92-66(101)32-42-115-44-46-117-48-49-118-47-45-116-43-34-86-65(100)31-37-99-67(102)29-30-68(99)103/h16-18,21-22,25-28,35,50,53-57,61-64,70-75H,15,19-20,23-24,29-34,36-49,51-52H2,1-14H3,(H,86,100)(H,89,106)(H,90,107)(H,91,105)(H,92,101)(H,93,108)(H3,85,88,111)/t56-,57+,61-,62-,63-,64+,70?,71-,72-,73-,74+,75?/m0/s1. The summed E-state index contributed by atoms with van der Waals surface area (Å²) in [4.78, 5) is 191. The molecule has 0 radical (unpaired) electrons. The van der Waals surface area contributed by atoms with Crippen LogP contribution < -0.4 is 43.0 Å². The number of hydrogen-bond donors (Lipinski definition) is 8. The zero-order valence-electron chi connectivity index (χ0n) is 72.4. The maximum absolute atomic E-state index is 15.2. The number of ether oxygens (including phenoxy) is 7. The summed E-state index contributed by atoms with van der Waals surface area (Å²) in [5.74, 6) is -7.16. The molecule has 0 saturated carbocycles. The predicted octanol–water partition coefficient (Wildman–Crippen LogP) is 4.34. The Bertz CT molecular complexity index is 3750. The van der Waals surface area contributed by atoms with Crippen LogP contribution in [0.25, 0.3) is 0 Å². The number of nitrogens with zero attached hydrogens (tertiary/aromatic N) is 7. The summed E-state index contributed by atoms with van der Waals surface area (Å²) in [5.41, 5.74) is 6.81. The Morgan fingerprint density at radius 1 is 0.650 bits per heavy atom. The Labute approximate surface area is 709 Å². The molecule has 14 amide bonds. The first-order valence-electron chi connectivity index (χ1n) is 41.8. The summed E-state index contributed by atoms with van der Waals surface area (Å²) in [6.45, 7) is 20.5. The van der Waals surface area contributed by atoms with Crippen molar-refractivity contribution in [3.63, 3.8) is 0 Å². The summed E-state index contributed by atoms with van der Waals surface area (Å²) in [6, 6.07) is 8.89. The highest BCUT2D eigenvalue weighted by molar-refractivity contribution is 7.09. The summed E-state index contributed by atoms with van der Waals surface area (Å²) in [6.07, 6.45) is 0.424. The minimum atomic E-state index is -1.55. The molecule has 6 rings (SSSR count). The summed E-state index contributed by atoms with van der Waals surface area (Å²) >= 11 is 1.46. The molecular weight excluding hydrogens is 1570 g/mol. The van der Waals surface area contributed by atoms with Crippen molar-refractivity contribution in [3.8, 4) is 0 Å². The molecule has 12 atom stereocenters. The van der Waals surface area contributed by atoms with Crippen molar-refractivity contribution < 1.29 is 95.5 Å². The predicted molar refractivity (Wildman–Crippen MR) is 448 cm³/mol. The molecule has 3 aliphatic heterocycles. The van der Waals surface area contributed by atoms with E-state index in [1.165, 1.54) is 49.8 Å². The van der Waals surface area contributed by atoms with Gasteiger partial charge < -0.3 is 95.7 Å². The molecule has 4 heterocycles. The maximum atomic E-state index is 15.2. The summed E-state index contributed by atoms with van der Waals surface area (Å²) < 4.78 is 40.6. The molecule has 120 heavy (non-hydrogen) atoms. The normalized spacial score (nSPS) is 17.2. The number of thiazole rings is 1. The quantitative estimate of drug-likeness (QED) is 0.0288. The van der Waals surface area contributed by atoms with Crippen molar-refractivity contribution >= 4 is 94.1 Å². The number of nitrogens with two attached hydrogens (primary N) is 1. The van der Waals surface area contributed by atoms with Crippen LogP contribution >= 0.6 is 11.3 Å². The molecular formula is C84H131N15O20S. The first-order valence-corrected chi connectivity index (χ1v) is 42.7. The Hall–Kier alpha value is -9.30. The van der Waals surface area contributed by atoms with Crippen LogP contribution in [0.3, 0.4) is 0 Å². The van der Waals surface area contributed by atoms with Crippen molar-refractivity contribution in [2.75, 3.05) is 146 Å². The van der Waals surface area contributed by atoms with Gasteiger partial charge in [0.25, 0.3) is 5.91 Å². The summed E-state index contributed by atoms with van der Waals surface area (Å²) in [5, 5.41) is 22.3. The van der Waals surface area contributed by atoms with Crippen molar-refractivity contribution in [3.05, 3.63) is 82.3 Å². The molecule has 2 aromatic carbocycles. The van der Waals surface area contributed by atoms with Crippen LogP contribution in [0.15, 0.2) is 66.2 Å². The molecule has 3 aliphatic rings. The first-order chi connectivity index (χ1) is 57.3. The number of primary amides is 1. The number of nitrogens with one attached hydrogen (secondary N) is 7. The number of benzene rings is 2. The van der Waals surface area contributed by atoms with Crippen LogP contribution in [-0.4, -0.2) is 301 Å². The van der Waals surface area contributed by atoms with Gasteiger partial charge in [0.05, 0.1) is 95.5 Å². The van der Waals surface area contributed by atoms with Crippen LogP contribution in [0.2, 0.25) is 0 Å². The fourth-order valence-corrected chi connectivity index (χ4v) is 15.6. The smallest absolute Gasteiger partial charge is 0.411 e. The Kier molecular flexibility index (Phi) is 42.7. The fourth-order valence-electron chi connectivity index (χ4n) is 14.9. The van der Waals surface area contributed by atoms with Gasteiger partial charge in [0, 0.05) is 129 Å². The van der Waals surface area contributed by atoms with Crippen LogP contribution in [0.5, 0.6) is 0 Å². The van der Waals surface area contributed by atoms with E-state index in [-0.39, 0.29) is 164 Å². The lowest BCUT2D eigenvalue weighted by molar-refractivity contribution is -0.148. The van der Waals surface area contributed by atoms with Gasteiger partial charge in [-0.05, 0) is 80.5 Å². The number of likely N-dealkylation sites (tertiary alicyclic amines) is 2. The molecule has 2 unspecified atom stereocenters. The molecule has 3 aromatic rings. The molecule has 1 aromatic heterocycles. The van der Waals surface area contributed by atoms with Crippen LogP contribution in [-0.2, 0) is 92.3 Å². The number of hydrogen-bond acceptors (Lipinski definition) is 23. The van der Waals surface area contributed by atoms with Gasteiger partial charge in [0.1, 0.15) is 29.2 Å². The van der Waals surface area contributed by atoms with E-state index in [0.717, 1.165) is 20.4 Å². The van der Waals surface area contributed by atoms with E-state index in [4.69, 9.17) is 38.9 Å². The largest absolute Gasteiger partial charge is 0.431 e. The first kappa shape index (κ1) is 99.5. The van der Waals surface area contributed by atoms with Crippen molar-refractivity contribution in [2.45, 2.75) is 194 Å². The molecule has 9 N–H and O–H groups in total. The monoisotopic (exact) mass is 1700 g/mol. The molecule has 0 aliphatic carbocycles. The van der Waals surface area contributed by atoms with E-state index in [1.54, 1.807) is 76.6 Å². The Balaban J connectivity index is 1.04. The van der Waals surface area contributed by atoms with Gasteiger partial charge in [-0.25, -0.2) is 14.6 Å². The zero-order chi connectivity index (χ0) is 88.1. The third-order valence-electron chi connectivity index (χ3n) is 21.9. The van der Waals surface area contributed by atoms with Crippen LogP contribution in [0.4, 0.5) is 15.3 Å². The van der Waals surface area contributed by atoms with Crippen molar-refractivity contribution in [1.82, 2.24) is 66.3 Å². The molecule has 668 valence electrons. The second-order valence-electron chi connectivity index (χ2n) is 31.8. The van der Waals surface area contributed by atoms with E-state index in [0.29, 0.717) is 58.4 Å². The number of carbonyl (C=O) groups excluding carboxylic acids is 13. The number of amides is 14. The Morgan fingerprint density at radius 3 is 1.85 bits per heavy atom. The number of methoxy groups -OCH3 is 2. The van der Waals surface area contributed by atoms with Gasteiger partial charge in [0.2, 0.25) is 65.2 Å². The number of urea groups is 1. The van der Waals surface area contributed by atoms with E-state index >= 15 is 4.79 Å². The lowest BCUT2D eigenvalue weighted by atomic mass is 9.89. The highest BCUT2D eigenvalue weighted by Crippen LogP contribution is 2.32. The average molecular weight is 1700 g/mol. The van der Waals surface area contributed by atoms with Gasteiger partial charge >= 0.3 is 12.1 Å². The molecule has 0 spiro atoms. The molecule has 36 heteroatoms. The number of imide groups is 1. The summed E-state index contributed by atoms with van der Waals surface area (Å²) in [7, 11) is 7.98. The van der Waals surface area contributed by atoms with Gasteiger partial charge in [0.15, 0.2) is 0 Å². The molecule has 35 nitrogen and oxygen atoms in total. The SMILES string of the molecule is CC[C@H](C)[C@@H]([C@@H](CC(=O)N1CCC[C@H]1[C@H](OC)[C@@H](C)C(=O)N[C@@H](Cc1ccccc1)c1nccs1)OC)N(C)C(=O)[C@@H](NC(=O)[C@H](C(C)C)N(C)C(=O)OC(C(=O)N1CCN(C)CC1)c1ccc(NC(=O)[C@H](CCCNC(N)=O)NC(=O)C(NC(=O)CCOCCOCCOCCOCCNC(=O)CCN2C(=O)CCC2=O)C(C)C)cc1)C(C)C. The lowest BCUT2D eigenvalue weighted by Gasteiger charge is -2.41. The Morgan fingerprint density at radius 2 is 1.27 bits per heavy atom. The number of aromatic nitrogens is 1. The third kappa shape index (κ3) is 31.3. The maximum Gasteiger partial charge on any atom is 0.411 e. The van der Waals surface area contributed by atoms with Gasteiger partial charge in [-0.15, -0.1) is 11.3 Å². The second kappa shape index (κ2) is 51.5. The van der Waals surface area contributed by atoms with E-state index in [9.17, 15) is 57.5 Å². The van der Waals surface area contributed by atoms with Gasteiger partial charge in [-0.2, -0.15) is 0 Å². The minimum absolute atomic E-state index is 0.0117. The number of rotatable bonds is 52. The molecule has 3 saturated heterocycles. The fraction of sp³-hybridized carbons (Fsp3) is 0.667. The third-order valence-corrected chi connectivity index (χ3v) is 22.8. The van der Waals surface area contributed by atoms with Crippen molar-refractivity contribution in [2.24, 2.45) is 35.3 Å². The van der Waals surface area contributed by atoms with Gasteiger partial charge in [-0.3, -0.25) is 62.5 Å². The number of likely N-dealkylation sites (N-methyl/N-ethyl adjacent to an activating group) is 3. The highest BCUT2D eigenvalue weighted by atomic mass is 32.1. The van der Waals surface area contributed by atoms with Crippen LogP contribution in [0, 0.1) is 29.6 Å². The van der Waals surface area contributed by atoms with E-state index in [1.807, 2.05) is 63.5 Å². The molecule has 3 fully saturated rings. The minimum Gasteiger partial charge on any atom is -0.431 e. The molecule has 0 bridgehead atoms. The number of piperazine rings is 1. The van der Waals surface area contributed by atoms with Crippen LogP contribution in [0.1, 0.15) is 155 Å². The second-order valence-corrected chi connectivity index (χ2v) is 32.7. The number of anilines is 1. The van der Waals surface area contributed by atoms with E-state index in [2.05, 4.69) is 47.1 Å². The van der Waals surface area contributed by atoms with Crippen molar-refractivity contribution in [1.29, 1.82) is 0 Å². The number of carbonyl (C=O) groups is 13. The van der Waals surface area contributed by atoms with Gasteiger partial charge in [-0.1, -0.05) is 111 Å². The lowest BCUT2D eigenvalue weighted by Crippen LogP contribution is -2.60. The highest BCUT2D eigenvalue weighted by Gasteiger charge is 2.45. The van der Waals surface area contributed by atoms with E-state index < -0.39 is 132 Å².